The average molecular weight is 236 g/mol. The highest BCUT2D eigenvalue weighted by molar-refractivity contribution is 5.86. The Labute approximate surface area is 100 Å². The molecule has 92 valence electrons. The highest BCUT2D eigenvalue weighted by atomic mass is 16.5. The minimum Gasteiger partial charge on any atom is -0.504 e. The molecule has 0 saturated carbocycles. The molecule has 1 atom stereocenters. The maximum Gasteiger partial charge on any atom is 0.333 e. The number of ether oxygens (including phenoxy) is 1. The summed E-state index contributed by atoms with van der Waals surface area (Å²) in [5.41, 5.74) is 1.14. The van der Waals surface area contributed by atoms with Crippen molar-refractivity contribution in [2.24, 2.45) is 0 Å². The molecular weight excluding hydrogens is 220 g/mol. The highest BCUT2D eigenvalue weighted by Gasteiger charge is 2.11. The van der Waals surface area contributed by atoms with Crippen molar-refractivity contribution in [2.45, 2.75) is 19.8 Å². The molecule has 4 nitrogen and oxygen atoms in total. The lowest BCUT2D eigenvalue weighted by Crippen LogP contribution is -2.11. The summed E-state index contributed by atoms with van der Waals surface area (Å²) < 4.78 is 5.01. The van der Waals surface area contributed by atoms with Crippen molar-refractivity contribution in [1.29, 1.82) is 0 Å². The fraction of sp³-hybridized carbons (Fsp3) is 0.308. The van der Waals surface area contributed by atoms with Crippen LogP contribution in [0.4, 0.5) is 0 Å². The molecule has 0 heterocycles. The van der Waals surface area contributed by atoms with Crippen LogP contribution in [-0.4, -0.2) is 22.8 Å². The lowest BCUT2D eigenvalue weighted by molar-refractivity contribution is -0.139. The molecule has 0 aliphatic heterocycles. The predicted octanol–water partition coefficient (Wildman–Crippen LogP) is 2.32. The Morgan fingerprint density at radius 2 is 2.06 bits per heavy atom. The molecule has 0 aliphatic carbocycles. The number of aromatic hydroxyl groups is 2. The van der Waals surface area contributed by atoms with Crippen LogP contribution in [0.25, 0.3) is 0 Å². The van der Waals surface area contributed by atoms with Crippen LogP contribution in [0.1, 0.15) is 25.3 Å². The van der Waals surface area contributed by atoms with Gasteiger partial charge in [-0.1, -0.05) is 19.6 Å². The van der Waals surface area contributed by atoms with Gasteiger partial charge in [0.15, 0.2) is 11.5 Å². The molecule has 0 amide bonds. The first-order valence-corrected chi connectivity index (χ1v) is 5.26. The molecule has 0 saturated heterocycles. The van der Waals surface area contributed by atoms with E-state index in [2.05, 4.69) is 6.58 Å². The molecular formula is C13H16O4. The van der Waals surface area contributed by atoms with Gasteiger partial charge in [-0.05, 0) is 24.6 Å². The molecule has 0 aromatic heterocycles. The largest absolute Gasteiger partial charge is 0.504 e. The standard InChI is InChI=1S/C13H16O4/c1-8(2)13(16)17-7-9(3)10-4-5-11(14)12(15)6-10/h4-6,9,14-15H,1,7H2,2-3H3. The van der Waals surface area contributed by atoms with Crippen LogP contribution in [-0.2, 0) is 9.53 Å². The molecule has 17 heavy (non-hydrogen) atoms. The SMILES string of the molecule is C=C(C)C(=O)OCC(C)c1ccc(O)c(O)c1. The zero-order valence-electron chi connectivity index (χ0n) is 9.93. The molecule has 0 fully saturated rings. The number of hydrogen-bond donors (Lipinski definition) is 2. The van der Waals surface area contributed by atoms with E-state index in [9.17, 15) is 9.90 Å². The van der Waals surface area contributed by atoms with E-state index in [1.165, 1.54) is 12.1 Å². The third-order valence-corrected chi connectivity index (χ3v) is 2.38. The van der Waals surface area contributed by atoms with Gasteiger partial charge in [0.2, 0.25) is 0 Å². The average Bonchev–Trinajstić information content (AvgIpc) is 2.28. The quantitative estimate of drug-likeness (QED) is 0.478. The van der Waals surface area contributed by atoms with E-state index in [0.29, 0.717) is 5.57 Å². The summed E-state index contributed by atoms with van der Waals surface area (Å²) in [6.45, 7) is 7.13. The number of carbonyl (C=O) groups is 1. The summed E-state index contributed by atoms with van der Waals surface area (Å²) in [6.07, 6.45) is 0. The predicted molar refractivity (Wildman–Crippen MR) is 64.0 cm³/mol. The number of rotatable bonds is 4. The van der Waals surface area contributed by atoms with Gasteiger partial charge in [-0.3, -0.25) is 0 Å². The Morgan fingerprint density at radius 3 is 2.59 bits per heavy atom. The maximum absolute atomic E-state index is 11.2. The normalized spacial score (nSPS) is 11.9. The van der Waals surface area contributed by atoms with Gasteiger partial charge in [0.25, 0.3) is 0 Å². The summed E-state index contributed by atoms with van der Waals surface area (Å²) in [7, 11) is 0. The fourth-order valence-electron chi connectivity index (χ4n) is 1.27. The van der Waals surface area contributed by atoms with E-state index in [1.54, 1.807) is 13.0 Å². The summed E-state index contributed by atoms with van der Waals surface area (Å²) >= 11 is 0. The van der Waals surface area contributed by atoms with E-state index in [-0.39, 0.29) is 24.0 Å². The van der Waals surface area contributed by atoms with Crippen molar-refractivity contribution in [1.82, 2.24) is 0 Å². The molecule has 0 bridgehead atoms. The number of phenolic OH excluding ortho intramolecular Hbond substituents is 2. The smallest absolute Gasteiger partial charge is 0.333 e. The first-order chi connectivity index (χ1) is 7.91. The van der Waals surface area contributed by atoms with Gasteiger partial charge >= 0.3 is 5.97 Å². The van der Waals surface area contributed by atoms with Gasteiger partial charge < -0.3 is 14.9 Å². The van der Waals surface area contributed by atoms with Gasteiger partial charge in [-0.15, -0.1) is 0 Å². The van der Waals surface area contributed by atoms with Crippen LogP contribution in [0.3, 0.4) is 0 Å². The van der Waals surface area contributed by atoms with Crippen molar-refractivity contribution in [3.8, 4) is 11.5 Å². The first-order valence-electron chi connectivity index (χ1n) is 5.26. The van der Waals surface area contributed by atoms with Gasteiger partial charge in [0, 0.05) is 11.5 Å². The summed E-state index contributed by atoms with van der Waals surface area (Å²) in [4.78, 5) is 11.2. The van der Waals surface area contributed by atoms with E-state index < -0.39 is 5.97 Å². The van der Waals surface area contributed by atoms with Crippen molar-refractivity contribution in [3.05, 3.63) is 35.9 Å². The van der Waals surface area contributed by atoms with Crippen LogP contribution in [0.15, 0.2) is 30.4 Å². The van der Waals surface area contributed by atoms with Gasteiger partial charge in [-0.25, -0.2) is 4.79 Å². The lowest BCUT2D eigenvalue weighted by Gasteiger charge is -2.13. The Hall–Kier alpha value is -1.97. The van der Waals surface area contributed by atoms with E-state index in [4.69, 9.17) is 9.84 Å². The van der Waals surface area contributed by atoms with Crippen LogP contribution in [0, 0.1) is 0 Å². The van der Waals surface area contributed by atoms with Crippen LogP contribution < -0.4 is 0 Å². The third kappa shape index (κ3) is 3.52. The number of phenols is 2. The zero-order chi connectivity index (χ0) is 13.0. The molecule has 4 heteroatoms. The molecule has 1 rings (SSSR count). The topological polar surface area (TPSA) is 66.8 Å². The Morgan fingerprint density at radius 1 is 1.41 bits per heavy atom. The van der Waals surface area contributed by atoms with Gasteiger partial charge in [0.05, 0.1) is 6.61 Å². The maximum atomic E-state index is 11.2. The minimum absolute atomic E-state index is 0.0650. The van der Waals surface area contributed by atoms with E-state index >= 15 is 0 Å². The first kappa shape index (κ1) is 13.1. The van der Waals surface area contributed by atoms with Crippen LogP contribution in [0.5, 0.6) is 11.5 Å². The second-order valence-electron chi connectivity index (χ2n) is 4.03. The molecule has 1 aromatic carbocycles. The number of carbonyl (C=O) groups excluding carboxylic acids is 1. The highest BCUT2D eigenvalue weighted by Crippen LogP contribution is 2.28. The Bertz CT molecular complexity index is 437. The molecule has 1 unspecified atom stereocenters. The third-order valence-electron chi connectivity index (χ3n) is 2.38. The Kier molecular flexibility index (Phi) is 4.15. The molecule has 0 aliphatic rings. The minimum atomic E-state index is -0.431. The van der Waals surface area contributed by atoms with E-state index in [0.717, 1.165) is 5.56 Å². The van der Waals surface area contributed by atoms with Gasteiger partial charge in [0.1, 0.15) is 0 Å². The van der Waals surface area contributed by atoms with E-state index in [1.807, 2.05) is 6.92 Å². The zero-order valence-corrected chi connectivity index (χ0v) is 9.93. The second-order valence-corrected chi connectivity index (χ2v) is 4.03. The molecule has 0 spiro atoms. The lowest BCUT2D eigenvalue weighted by atomic mass is 10.0. The summed E-state index contributed by atoms with van der Waals surface area (Å²) in [5, 5.41) is 18.5. The van der Waals surface area contributed by atoms with Crippen molar-refractivity contribution in [3.63, 3.8) is 0 Å². The van der Waals surface area contributed by atoms with Gasteiger partial charge in [-0.2, -0.15) is 0 Å². The monoisotopic (exact) mass is 236 g/mol. The van der Waals surface area contributed by atoms with Crippen molar-refractivity contribution < 1.29 is 19.7 Å². The van der Waals surface area contributed by atoms with Crippen LogP contribution in [0.2, 0.25) is 0 Å². The Balaban J connectivity index is 2.64. The fourth-order valence-corrected chi connectivity index (χ4v) is 1.27. The second kappa shape index (κ2) is 5.39. The molecule has 2 N–H and O–H groups in total. The number of hydrogen-bond acceptors (Lipinski definition) is 4. The van der Waals surface area contributed by atoms with Crippen molar-refractivity contribution >= 4 is 5.97 Å². The number of esters is 1. The molecule has 0 radical (unpaired) electrons. The molecule has 1 aromatic rings. The summed E-state index contributed by atoms with van der Waals surface area (Å²) in [6, 6.07) is 4.53. The number of benzene rings is 1. The summed E-state index contributed by atoms with van der Waals surface area (Å²) in [5.74, 6) is -0.842. The van der Waals surface area contributed by atoms with Crippen LogP contribution >= 0.6 is 0 Å². The van der Waals surface area contributed by atoms with Crippen molar-refractivity contribution in [2.75, 3.05) is 6.61 Å².